The van der Waals surface area contributed by atoms with E-state index in [9.17, 15) is 0 Å². The first-order valence-electron chi connectivity index (χ1n) is 7.33. The summed E-state index contributed by atoms with van der Waals surface area (Å²) >= 11 is 0. The average Bonchev–Trinajstić information content (AvgIpc) is 2.39. The minimum Gasteiger partial charge on any atom is -0.374 e. The van der Waals surface area contributed by atoms with E-state index in [4.69, 9.17) is 0 Å². The predicted molar refractivity (Wildman–Crippen MR) is 84.8 cm³/mol. The van der Waals surface area contributed by atoms with Crippen molar-refractivity contribution < 1.29 is 0 Å². The quantitative estimate of drug-likeness (QED) is 0.613. The molecule has 0 aromatic heterocycles. The molecular weight excluding hydrogens is 218 g/mol. The molecule has 0 N–H and O–H groups in total. The summed E-state index contributed by atoms with van der Waals surface area (Å²) in [6.45, 7) is 16.0. The van der Waals surface area contributed by atoms with Crippen LogP contribution in [0.2, 0.25) is 0 Å². The van der Waals surface area contributed by atoms with E-state index in [0.29, 0.717) is 5.41 Å². The molecule has 1 heterocycles. The molecule has 0 fully saturated rings. The standard InChI is InChI=1S/C13H19N.2C2H6/c1-10-5-6-11-12(9-10)14(4)8-7-13(11,2)3;2*1-2/h5-6,9H,7-8H2,1-4H3;2*1-2H3. The first kappa shape index (κ1) is 17.0. The number of hydrogen-bond donors (Lipinski definition) is 0. The number of fused-ring (bicyclic) bond motifs is 1. The van der Waals surface area contributed by atoms with Crippen LogP contribution in [-0.2, 0) is 5.41 Å². The Morgan fingerprint density at radius 2 is 1.61 bits per heavy atom. The van der Waals surface area contributed by atoms with Crippen LogP contribution in [0, 0.1) is 6.92 Å². The molecule has 0 aliphatic carbocycles. The maximum atomic E-state index is 2.37. The van der Waals surface area contributed by atoms with Crippen molar-refractivity contribution in [3.05, 3.63) is 29.3 Å². The Labute approximate surface area is 114 Å². The first-order valence-corrected chi connectivity index (χ1v) is 7.33. The van der Waals surface area contributed by atoms with Gasteiger partial charge in [0.2, 0.25) is 0 Å². The van der Waals surface area contributed by atoms with E-state index in [1.807, 2.05) is 27.7 Å². The summed E-state index contributed by atoms with van der Waals surface area (Å²) in [5.41, 5.74) is 4.61. The molecular formula is C17H31N. The first-order chi connectivity index (χ1) is 8.50. The fourth-order valence-corrected chi connectivity index (χ4v) is 2.23. The SMILES string of the molecule is CC.CC.Cc1ccc2c(c1)N(C)CCC2(C)C. The molecule has 1 nitrogen and oxygen atoms in total. The Morgan fingerprint density at radius 3 is 2.17 bits per heavy atom. The summed E-state index contributed by atoms with van der Waals surface area (Å²) in [6, 6.07) is 6.82. The summed E-state index contributed by atoms with van der Waals surface area (Å²) in [4.78, 5) is 2.37. The van der Waals surface area contributed by atoms with Crippen LogP contribution in [0.5, 0.6) is 0 Å². The van der Waals surface area contributed by atoms with Crippen LogP contribution in [-0.4, -0.2) is 13.6 Å². The van der Waals surface area contributed by atoms with Crippen LogP contribution in [0.25, 0.3) is 0 Å². The molecule has 0 bridgehead atoms. The van der Waals surface area contributed by atoms with E-state index in [1.165, 1.54) is 29.8 Å². The summed E-state index contributed by atoms with van der Waals surface area (Å²) in [7, 11) is 2.19. The van der Waals surface area contributed by atoms with E-state index >= 15 is 0 Å². The lowest BCUT2D eigenvalue weighted by molar-refractivity contribution is 0.462. The Kier molecular flexibility index (Phi) is 7.05. The Hall–Kier alpha value is -0.980. The fraction of sp³-hybridized carbons (Fsp3) is 0.647. The van der Waals surface area contributed by atoms with E-state index in [2.05, 4.69) is 50.9 Å². The second kappa shape index (κ2) is 7.45. The van der Waals surface area contributed by atoms with Crippen LogP contribution in [0.15, 0.2) is 18.2 Å². The highest BCUT2D eigenvalue weighted by atomic mass is 15.1. The lowest BCUT2D eigenvalue weighted by Crippen LogP contribution is -2.34. The molecule has 104 valence electrons. The van der Waals surface area contributed by atoms with E-state index < -0.39 is 0 Å². The van der Waals surface area contributed by atoms with Crippen molar-refractivity contribution in [3.63, 3.8) is 0 Å². The van der Waals surface area contributed by atoms with Crippen molar-refractivity contribution >= 4 is 5.69 Å². The minimum atomic E-state index is 0.343. The third-order valence-electron chi connectivity index (χ3n) is 3.37. The molecule has 0 saturated carbocycles. The van der Waals surface area contributed by atoms with Crippen LogP contribution in [0.3, 0.4) is 0 Å². The van der Waals surface area contributed by atoms with Crippen LogP contribution < -0.4 is 4.90 Å². The number of aryl methyl sites for hydroxylation is 1. The van der Waals surface area contributed by atoms with Crippen LogP contribution in [0.1, 0.15) is 59.1 Å². The molecule has 1 aliphatic rings. The van der Waals surface area contributed by atoms with Gasteiger partial charge in [0.1, 0.15) is 0 Å². The summed E-state index contributed by atoms with van der Waals surface area (Å²) in [5, 5.41) is 0. The van der Waals surface area contributed by atoms with Crippen molar-refractivity contribution in [1.29, 1.82) is 0 Å². The van der Waals surface area contributed by atoms with Crippen molar-refractivity contribution in [1.82, 2.24) is 0 Å². The normalized spacial score (nSPS) is 15.7. The Balaban J connectivity index is 0.000000659. The molecule has 1 aliphatic heterocycles. The zero-order valence-corrected chi connectivity index (χ0v) is 13.6. The average molecular weight is 249 g/mol. The van der Waals surface area contributed by atoms with Gasteiger partial charge in [-0.2, -0.15) is 0 Å². The highest BCUT2D eigenvalue weighted by molar-refractivity contribution is 5.59. The minimum absolute atomic E-state index is 0.343. The Morgan fingerprint density at radius 1 is 1.06 bits per heavy atom. The van der Waals surface area contributed by atoms with Crippen molar-refractivity contribution in [2.24, 2.45) is 0 Å². The maximum Gasteiger partial charge on any atom is 0.0404 e. The van der Waals surface area contributed by atoms with Gasteiger partial charge in [0, 0.05) is 19.3 Å². The van der Waals surface area contributed by atoms with Crippen LogP contribution >= 0.6 is 0 Å². The topological polar surface area (TPSA) is 3.24 Å². The van der Waals surface area contributed by atoms with Gasteiger partial charge in [-0.05, 0) is 36.0 Å². The van der Waals surface area contributed by atoms with Gasteiger partial charge in [0.25, 0.3) is 0 Å². The van der Waals surface area contributed by atoms with Gasteiger partial charge in [0.05, 0.1) is 0 Å². The van der Waals surface area contributed by atoms with Crippen molar-refractivity contribution in [3.8, 4) is 0 Å². The zero-order chi connectivity index (χ0) is 14.3. The van der Waals surface area contributed by atoms with Crippen molar-refractivity contribution in [2.45, 2.75) is 60.3 Å². The lowest BCUT2D eigenvalue weighted by Gasteiger charge is -2.38. The highest BCUT2D eigenvalue weighted by Crippen LogP contribution is 2.39. The molecule has 1 aromatic carbocycles. The van der Waals surface area contributed by atoms with Gasteiger partial charge in [-0.3, -0.25) is 0 Å². The maximum absolute atomic E-state index is 2.37. The van der Waals surface area contributed by atoms with E-state index in [1.54, 1.807) is 0 Å². The molecule has 0 atom stereocenters. The third-order valence-corrected chi connectivity index (χ3v) is 3.37. The molecule has 1 heteroatoms. The molecule has 1 aromatic rings. The largest absolute Gasteiger partial charge is 0.374 e. The van der Waals surface area contributed by atoms with E-state index in [-0.39, 0.29) is 0 Å². The second-order valence-electron chi connectivity index (χ2n) is 5.08. The molecule has 2 rings (SSSR count). The second-order valence-corrected chi connectivity index (χ2v) is 5.08. The number of anilines is 1. The molecule has 18 heavy (non-hydrogen) atoms. The molecule has 0 amide bonds. The summed E-state index contributed by atoms with van der Waals surface area (Å²) in [5.74, 6) is 0. The van der Waals surface area contributed by atoms with Gasteiger partial charge in [-0.1, -0.05) is 53.7 Å². The monoisotopic (exact) mass is 249 g/mol. The van der Waals surface area contributed by atoms with Gasteiger partial charge in [0.15, 0.2) is 0 Å². The predicted octanol–water partition coefficient (Wildman–Crippen LogP) is 5.16. The molecule has 0 saturated heterocycles. The van der Waals surface area contributed by atoms with E-state index in [0.717, 1.165) is 0 Å². The van der Waals surface area contributed by atoms with Crippen LogP contribution in [0.4, 0.5) is 5.69 Å². The summed E-state index contributed by atoms with van der Waals surface area (Å²) in [6.07, 6.45) is 1.25. The summed E-state index contributed by atoms with van der Waals surface area (Å²) < 4.78 is 0. The number of nitrogens with zero attached hydrogens (tertiary/aromatic N) is 1. The highest BCUT2D eigenvalue weighted by Gasteiger charge is 2.29. The molecule has 0 spiro atoms. The number of rotatable bonds is 0. The van der Waals surface area contributed by atoms with Gasteiger partial charge in [-0.25, -0.2) is 0 Å². The number of hydrogen-bond acceptors (Lipinski definition) is 1. The van der Waals surface area contributed by atoms with Gasteiger partial charge >= 0.3 is 0 Å². The van der Waals surface area contributed by atoms with Crippen molar-refractivity contribution in [2.75, 3.05) is 18.5 Å². The third kappa shape index (κ3) is 3.76. The zero-order valence-electron chi connectivity index (χ0n) is 13.6. The Bertz CT molecular complexity index is 353. The molecule has 0 radical (unpaired) electrons. The lowest BCUT2D eigenvalue weighted by atomic mass is 9.77. The van der Waals surface area contributed by atoms with Gasteiger partial charge in [-0.15, -0.1) is 0 Å². The van der Waals surface area contributed by atoms with Gasteiger partial charge < -0.3 is 4.90 Å². The smallest absolute Gasteiger partial charge is 0.0404 e. The fourth-order valence-electron chi connectivity index (χ4n) is 2.23. The number of benzene rings is 1. The molecule has 0 unspecified atom stereocenters.